The smallest absolute Gasteiger partial charge is 0.150 e. The van der Waals surface area contributed by atoms with E-state index in [-0.39, 0.29) is 6.23 Å². The van der Waals surface area contributed by atoms with Crippen molar-refractivity contribution in [1.29, 1.82) is 0 Å². The van der Waals surface area contributed by atoms with Crippen molar-refractivity contribution in [3.05, 3.63) is 39.7 Å². The van der Waals surface area contributed by atoms with Gasteiger partial charge in [-0.25, -0.2) is 4.68 Å². The first kappa shape index (κ1) is 16.4. The Morgan fingerprint density at radius 2 is 2.33 bits per heavy atom. The number of aromatic nitrogens is 2. The molecule has 4 nitrogen and oxygen atoms in total. The topological polar surface area (TPSA) is 36.3 Å². The lowest BCUT2D eigenvalue weighted by Crippen LogP contribution is -2.18. The average molecular weight is 412 g/mol. The van der Waals surface area contributed by atoms with Crippen LogP contribution in [0.5, 0.6) is 0 Å². The van der Waals surface area contributed by atoms with Gasteiger partial charge in [-0.05, 0) is 71.2 Å². The van der Waals surface area contributed by atoms with Gasteiger partial charge < -0.3 is 9.47 Å². The average Bonchev–Trinajstić information content (AvgIpc) is 3.22. The maximum atomic E-state index is 6.64. The Hall–Kier alpha value is -1.04. The molecular weight excluding hydrogens is 392 g/mol. The molecule has 1 aliphatic heterocycles. The summed E-state index contributed by atoms with van der Waals surface area (Å²) in [5.41, 5.74) is 2.21. The zero-order chi connectivity index (χ0) is 16.7. The Morgan fingerprint density at radius 3 is 3.08 bits per heavy atom. The van der Waals surface area contributed by atoms with E-state index in [2.05, 4.69) is 27.1 Å². The number of benzene rings is 1. The van der Waals surface area contributed by atoms with Crippen LogP contribution in [0.25, 0.3) is 10.9 Å². The number of ether oxygens (including phenoxy) is 2. The summed E-state index contributed by atoms with van der Waals surface area (Å²) in [5.74, 6) is 0.935. The van der Waals surface area contributed by atoms with Crippen molar-refractivity contribution >= 4 is 38.4 Å². The van der Waals surface area contributed by atoms with E-state index >= 15 is 0 Å². The molecule has 6 heteroatoms. The monoisotopic (exact) mass is 410 g/mol. The lowest BCUT2D eigenvalue weighted by molar-refractivity contribution is -0.0366. The molecule has 1 aliphatic carbocycles. The summed E-state index contributed by atoms with van der Waals surface area (Å²) in [5, 5.41) is 6.48. The van der Waals surface area contributed by atoms with Crippen molar-refractivity contribution < 1.29 is 9.47 Å². The normalized spacial score (nSPS) is 27.0. The van der Waals surface area contributed by atoms with Gasteiger partial charge in [-0.1, -0.05) is 11.6 Å². The Bertz CT molecular complexity index is 783. The molecule has 0 N–H and O–H groups in total. The van der Waals surface area contributed by atoms with E-state index in [0.29, 0.717) is 11.8 Å². The van der Waals surface area contributed by atoms with Crippen molar-refractivity contribution in [2.45, 2.75) is 37.8 Å². The fourth-order valence-electron chi connectivity index (χ4n) is 3.56. The summed E-state index contributed by atoms with van der Waals surface area (Å²) in [6.45, 7) is 0.800. The number of methoxy groups -OCH3 is 1. The summed E-state index contributed by atoms with van der Waals surface area (Å²) in [4.78, 5) is 0. The lowest BCUT2D eigenvalue weighted by Gasteiger charge is -2.23. The molecule has 1 saturated carbocycles. The van der Waals surface area contributed by atoms with Gasteiger partial charge in [-0.2, -0.15) is 5.10 Å². The predicted octanol–water partition coefficient (Wildman–Crippen LogP) is 5.41. The Balaban J connectivity index is 1.70. The number of rotatable bonds is 4. The Kier molecular flexibility index (Phi) is 4.58. The highest BCUT2D eigenvalue weighted by Gasteiger charge is 2.39. The van der Waals surface area contributed by atoms with Crippen LogP contribution in [0.2, 0.25) is 5.02 Å². The molecule has 1 unspecified atom stereocenters. The van der Waals surface area contributed by atoms with Crippen LogP contribution < -0.4 is 0 Å². The highest BCUT2D eigenvalue weighted by atomic mass is 79.9. The number of allylic oxidation sites excluding steroid dienone is 1. The van der Waals surface area contributed by atoms with Gasteiger partial charge >= 0.3 is 0 Å². The molecule has 0 amide bonds. The van der Waals surface area contributed by atoms with E-state index in [0.717, 1.165) is 46.3 Å². The van der Waals surface area contributed by atoms with Crippen molar-refractivity contribution in [2.75, 3.05) is 13.7 Å². The number of nitrogens with zero attached hydrogens (tertiary/aromatic N) is 2. The van der Waals surface area contributed by atoms with Crippen LogP contribution in [-0.2, 0) is 9.47 Å². The van der Waals surface area contributed by atoms with Crippen molar-refractivity contribution in [3.8, 4) is 0 Å². The molecule has 1 aromatic carbocycles. The van der Waals surface area contributed by atoms with Gasteiger partial charge in [0.05, 0.1) is 25.1 Å². The summed E-state index contributed by atoms with van der Waals surface area (Å²) in [7, 11) is 1.67. The first-order valence-electron chi connectivity index (χ1n) is 8.37. The summed E-state index contributed by atoms with van der Waals surface area (Å²) >= 11 is 10.4. The molecule has 0 spiro atoms. The Morgan fingerprint density at radius 1 is 1.46 bits per heavy atom. The van der Waals surface area contributed by atoms with Crippen LogP contribution in [-0.4, -0.2) is 23.5 Å². The van der Waals surface area contributed by atoms with Gasteiger partial charge in [0.2, 0.25) is 0 Å². The van der Waals surface area contributed by atoms with Gasteiger partial charge in [-0.15, -0.1) is 0 Å². The zero-order valence-electron chi connectivity index (χ0n) is 13.5. The minimum absolute atomic E-state index is 0.0170. The molecule has 0 bridgehead atoms. The second-order valence-electron chi connectivity index (χ2n) is 6.50. The number of fused-ring (bicyclic) bond motifs is 1. The maximum Gasteiger partial charge on any atom is 0.150 e. The lowest BCUT2D eigenvalue weighted by atomic mass is 10.1. The Labute approximate surface area is 154 Å². The van der Waals surface area contributed by atoms with Crippen LogP contribution in [0.4, 0.5) is 0 Å². The molecule has 2 fully saturated rings. The van der Waals surface area contributed by atoms with E-state index in [1.54, 1.807) is 13.4 Å². The largest absolute Gasteiger partial charge is 0.505 e. The van der Waals surface area contributed by atoms with Crippen molar-refractivity contribution in [1.82, 2.24) is 9.78 Å². The number of halogens is 2. The minimum Gasteiger partial charge on any atom is -0.505 e. The predicted molar refractivity (Wildman–Crippen MR) is 98.3 cm³/mol. The molecule has 2 heterocycles. The minimum atomic E-state index is 0.0170. The SMILES string of the molecule is CO/C=C\[C@@H]1C[C@@H]1c1c(Cl)cc2c(cnn2C2CCCCO2)c1Br. The van der Waals surface area contributed by atoms with E-state index < -0.39 is 0 Å². The van der Waals surface area contributed by atoms with Crippen LogP contribution in [0.3, 0.4) is 0 Å². The molecule has 1 saturated heterocycles. The second-order valence-corrected chi connectivity index (χ2v) is 7.70. The summed E-state index contributed by atoms with van der Waals surface area (Å²) < 4.78 is 13.9. The third-order valence-electron chi connectivity index (χ3n) is 4.93. The highest BCUT2D eigenvalue weighted by Crippen LogP contribution is 2.54. The first-order chi connectivity index (χ1) is 11.7. The van der Waals surface area contributed by atoms with E-state index in [1.165, 1.54) is 12.0 Å². The highest BCUT2D eigenvalue weighted by molar-refractivity contribution is 9.10. The second kappa shape index (κ2) is 6.70. The van der Waals surface area contributed by atoms with Crippen molar-refractivity contribution in [2.24, 2.45) is 5.92 Å². The zero-order valence-corrected chi connectivity index (χ0v) is 15.9. The molecule has 128 valence electrons. The van der Waals surface area contributed by atoms with Gasteiger partial charge in [0, 0.05) is 21.5 Å². The van der Waals surface area contributed by atoms with Gasteiger partial charge in [0.25, 0.3) is 0 Å². The molecule has 2 aromatic rings. The van der Waals surface area contributed by atoms with Crippen LogP contribution in [0.1, 0.15) is 43.4 Å². The van der Waals surface area contributed by atoms with E-state index in [1.807, 2.05) is 16.9 Å². The van der Waals surface area contributed by atoms with Gasteiger partial charge in [0.1, 0.15) is 0 Å². The summed E-state index contributed by atoms with van der Waals surface area (Å²) in [6, 6.07) is 2.04. The van der Waals surface area contributed by atoms with Crippen LogP contribution in [0, 0.1) is 5.92 Å². The quantitative estimate of drug-likeness (QED) is 0.631. The maximum absolute atomic E-state index is 6.64. The molecule has 0 radical (unpaired) electrons. The summed E-state index contributed by atoms with van der Waals surface area (Å²) in [6.07, 6.45) is 10.2. The molecule has 3 atom stereocenters. The fraction of sp³-hybridized carbons (Fsp3) is 0.500. The molecule has 1 aromatic heterocycles. The van der Waals surface area contributed by atoms with Gasteiger partial charge in [-0.3, -0.25) is 0 Å². The van der Waals surface area contributed by atoms with Gasteiger partial charge in [0.15, 0.2) is 6.23 Å². The van der Waals surface area contributed by atoms with Crippen LogP contribution >= 0.6 is 27.5 Å². The molecule has 24 heavy (non-hydrogen) atoms. The third kappa shape index (κ3) is 2.87. The van der Waals surface area contributed by atoms with E-state index in [4.69, 9.17) is 21.1 Å². The first-order valence-corrected chi connectivity index (χ1v) is 9.54. The van der Waals surface area contributed by atoms with E-state index in [9.17, 15) is 0 Å². The number of hydrogen-bond acceptors (Lipinski definition) is 3. The van der Waals surface area contributed by atoms with Crippen molar-refractivity contribution in [3.63, 3.8) is 0 Å². The molecule has 2 aliphatic rings. The fourth-order valence-corrected chi connectivity index (χ4v) is 4.82. The number of hydrogen-bond donors (Lipinski definition) is 0. The molecule has 4 rings (SSSR count). The third-order valence-corrected chi connectivity index (χ3v) is 6.10. The van der Waals surface area contributed by atoms with Crippen LogP contribution in [0.15, 0.2) is 29.1 Å². The molecular formula is C18H20BrClN2O2. The standard InChI is InChI=1S/C18H20BrClN2O2/c1-23-7-5-11-8-12(11)17-14(20)9-15-13(18(17)19)10-21-22(15)16-4-2-3-6-24-16/h5,7,9-12,16H,2-4,6,8H2,1H3/b7-5-/t11-,12+,16?/m1/s1.